The van der Waals surface area contributed by atoms with E-state index in [4.69, 9.17) is 4.74 Å². The van der Waals surface area contributed by atoms with Crippen molar-refractivity contribution in [1.29, 1.82) is 0 Å². The molecule has 0 atom stereocenters. The van der Waals surface area contributed by atoms with Gasteiger partial charge in [0.2, 0.25) is 0 Å². The molecule has 0 unspecified atom stereocenters. The summed E-state index contributed by atoms with van der Waals surface area (Å²) in [6.45, 7) is 12.1. The molecule has 20 heavy (non-hydrogen) atoms. The Hall–Kier alpha value is -0.810. The summed E-state index contributed by atoms with van der Waals surface area (Å²) in [5.41, 5.74) is 0.0952. The van der Waals surface area contributed by atoms with E-state index < -0.39 is 0 Å². The van der Waals surface area contributed by atoms with E-state index in [0.717, 1.165) is 38.7 Å². The topological polar surface area (TPSA) is 48.9 Å². The third kappa shape index (κ3) is 9.15. The van der Waals surface area contributed by atoms with Gasteiger partial charge in [-0.05, 0) is 40.3 Å². The van der Waals surface area contributed by atoms with Gasteiger partial charge in [-0.2, -0.15) is 0 Å². The average Bonchev–Trinajstić information content (AvgIpc) is 2.36. The molecule has 5 nitrogen and oxygen atoms in total. The molecule has 0 aromatic carbocycles. The molecule has 0 saturated carbocycles. The van der Waals surface area contributed by atoms with Crippen LogP contribution in [0.1, 0.15) is 34.1 Å². The van der Waals surface area contributed by atoms with E-state index in [-0.39, 0.29) is 5.54 Å². The third-order valence-corrected chi connectivity index (χ3v) is 3.33. The van der Waals surface area contributed by atoms with Gasteiger partial charge in [0.1, 0.15) is 0 Å². The van der Waals surface area contributed by atoms with Crippen molar-refractivity contribution >= 4 is 5.96 Å². The van der Waals surface area contributed by atoms with E-state index in [9.17, 15) is 0 Å². The van der Waals surface area contributed by atoms with Crippen molar-refractivity contribution in [3.05, 3.63) is 0 Å². The van der Waals surface area contributed by atoms with Crippen LogP contribution in [-0.4, -0.2) is 63.8 Å². The molecule has 0 rings (SSSR count). The number of likely N-dealkylation sites (N-methyl/N-ethyl adjacent to an activating group) is 1. The summed E-state index contributed by atoms with van der Waals surface area (Å²) in [6.07, 6.45) is 0.991. The second-order valence-corrected chi connectivity index (χ2v) is 6.38. The highest BCUT2D eigenvalue weighted by Gasteiger charge is 2.20. The first kappa shape index (κ1) is 19.2. The van der Waals surface area contributed by atoms with Crippen LogP contribution in [0.4, 0.5) is 0 Å². The highest BCUT2D eigenvalue weighted by atomic mass is 16.5. The van der Waals surface area contributed by atoms with Crippen molar-refractivity contribution < 1.29 is 4.74 Å². The Labute approximate surface area is 125 Å². The summed E-state index contributed by atoms with van der Waals surface area (Å²) in [4.78, 5) is 6.43. The van der Waals surface area contributed by atoms with Gasteiger partial charge in [0, 0.05) is 38.9 Å². The molecule has 0 radical (unpaired) electrons. The molecule has 0 amide bonds. The summed E-state index contributed by atoms with van der Waals surface area (Å²) >= 11 is 0. The SMILES string of the molecule is CN=C(NCCCOCC(C)C)NCC(C)(C)N(C)C. The number of hydrogen-bond donors (Lipinski definition) is 2. The zero-order chi connectivity index (χ0) is 15.6. The third-order valence-electron chi connectivity index (χ3n) is 3.33. The summed E-state index contributed by atoms with van der Waals surface area (Å²) in [6, 6.07) is 0. The fourth-order valence-electron chi connectivity index (χ4n) is 1.38. The van der Waals surface area contributed by atoms with Gasteiger partial charge in [-0.3, -0.25) is 4.99 Å². The molecule has 0 spiro atoms. The van der Waals surface area contributed by atoms with Gasteiger partial charge >= 0.3 is 0 Å². The Morgan fingerprint density at radius 3 is 2.40 bits per heavy atom. The van der Waals surface area contributed by atoms with Crippen LogP contribution in [0.25, 0.3) is 0 Å². The molecule has 0 aliphatic heterocycles. The molecular weight excluding hydrogens is 252 g/mol. The van der Waals surface area contributed by atoms with Crippen molar-refractivity contribution in [3.8, 4) is 0 Å². The molecule has 120 valence electrons. The van der Waals surface area contributed by atoms with Crippen LogP contribution in [0, 0.1) is 5.92 Å². The molecule has 0 aromatic rings. The van der Waals surface area contributed by atoms with Crippen LogP contribution in [0.5, 0.6) is 0 Å². The van der Waals surface area contributed by atoms with E-state index in [1.54, 1.807) is 7.05 Å². The van der Waals surface area contributed by atoms with Crippen molar-refractivity contribution in [1.82, 2.24) is 15.5 Å². The minimum absolute atomic E-state index is 0.0952. The number of aliphatic imine (C=N–C) groups is 1. The number of guanidine groups is 1. The van der Waals surface area contributed by atoms with Crippen LogP contribution < -0.4 is 10.6 Å². The summed E-state index contributed by atoms with van der Waals surface area (Å²) < 4.78 is 5.55. The smallest absolute Gasteiger partial charge is 0.191 e. The maximum atomic E-state index is 5.55. The van der Waals surface area contributed by atoms with Crippen LogP contribution in [0.15, 0.2) is 4.99 Å². The molecule has 0 aliphatic carbocycles. The first-order chi connectivity index (χ1) is 9.29. The van der Waals surface area contributed by atoms with Gasteiger partial charge in [-0.15, -0.1) is 0 Å². The molecule has 0 aromatic heterocycles. The van der Waals surface area contributed by atoms with Gasteiger partial charge in [0.05, 0.1) is 0 Å². The lowest BCUT2D eigenvalue weighted by molar-refractivity contribution is 0.108. The van der Waals surface area contributed by atoms with Crippen molar-refractivity contribution in [2.45, 2.75) is 39.7 Å². The maximum Gasteiger partial charge on any atom is 0.191 e. The Kier molecular flexibility index (Phi) is 9.59. The maximum absolute atomic E-state index is 5.55. The number of ether oxygens (including phenoxy) is 1. The largest absolute Gasteiger partial charge is 0.381 e. The second kappa shape index (κ2) is 10.00. The van der Waals surface area contributed by atoms with Gasteiger partial charge in [-0.25, -0.2) is 0 Å². The Balaban J connectivity index is 3.79. The van der Waals surface area contributed by atoms with Crippen LogP contribution in [-0.2, 0) is 4.74 Å². The molecule has 0 aliphatic rings. The van der Waals surface area contributed by atoms with E-state index in [1.165, 1.54) is 0 Å². The molecule has 0 fully saturated rings. The van der Waals surface area contributed by atoms with E-state index in [2.05, 4.69) is 62.3 Å². The molecule has 0 bridgehead atoms. The quantitative estimate of drug-likeness (QED) is 0.384. The van der Waals surface area contributed by atoms with Crippen molar-refractivity contribution in [3.63, 3.8) is 0 Å². The monoisotopic (exact) mass is 286 g/mol. The first-order valence-electron chi connectivity index (χ1n) is 7.49. The lowest BCUT2D eigenvalue weighted by Crippen LogP contribution is -2.51. The average molecular weight is 286 g/mol. The molecule has 0 saturated heterocycles. The van der Waals surface area contributed by atoms with E-state index in [1.807, 2.05) is 0 Å². The van der Waals surface area contributed by atoms with Crippen molar-refractivity contribution in [2.24, 2.45) is 10.9 Å². The lowest BCUT2D eigenvalue weighted by atomic mass is 10.0. The van der Waals surface area contributed by atoms with E-state index in [0.29, 0.717) is 5.92 Å². The zero-order valence-corrected chi connectivity index (χ0v) is 14.4. The summed E-state index contributed by atoms with van der Waals surface area (Å²) in [7, 11) is 5.97. The van der Waals surface area contributed by atoms with Crippen LogP contribution in [0.2, 0.25) is 0 Å². The van der Waals surface area contributed by atoms with Crippen LogP contribution in [0.3, 0.4) is 0 Å². The molecule has 2 N–H and O–H groups in total. The predicted molar refractivity (Wildman–Crippen MR) is 87.4 cm³/mol. The molecule has 0 heterocycles. The van der Waals surface area contributed by atoms with E-state index >= 15 is 0 Å². The molecular formula is C15H34N4O. The summed E-state index contributed by atoms with van der Waals surface area (Å²) in [5.74, 6) is 1.45. The Morgan fingerprint density at radius 1 is 1.25 bits per heavy atom. The highest BCUT2D eigenvalue weighted by molar-refractivity contribution is 5.79. The highest BCUT2D eigenvalue weighted by Crippen LogP contribution is 2.07. The van der Waals surface area contributed by atoms with Crippen molar-refractivity contribution in [2.75, 3.05) is 47.4 Å². The van der Waals surface area contributed by atoms with Gasteiger partial charge < -0.3 is 20.3 Å². The second-order valence-electron chi connectivity index (χ2n) is 6.38. The number of nitrogens with zero attached hydrogens (tertiary/aromatic N) is 2. The van der Waals surface area contributed by atoms with Crippen LogP contribution >= 0.6 is 0 Å². The van der Waals surface area contributed by atoms with Gasteiger partial charge in [0.15, 0.2) is 5.96 Å². The zero-order valence-electron chi connectivity index (χ0n) is 14.4. The predicted octanol–water partition coefficient (Wildman–Crippen LogP) is 1.55. The Morgan fingerprint density at radius 2 is 1.90 bits per heavy atom. The Bertz CT molecular complexity index is 275. The molecule has 5 heteroatoms. The first-order valence-corrected chi connectivity index (χ1v) is 7.49. The number of hydrogen-bond acceptors (Lipinski definition) is 3. The van der Waals surface area contributed by atoms with Gasteiger partial charge in [-0.1, -0.05) is 13.8 Å². The lowest BCUT2D eigenvalue weighted by Gasteiger charge is -2.33. The number of rotatable bonds is 9. The number of nitrogens with one attached hydrogen (secondary N) is 2. The minimum atomic E-state index is 0.0952. The van der Waals surface area contributed by atoms with Gasteiger partial charge in [0.25, 0.3) is 0 Å². The minimum Gasteiger partial charge on any atom is -0.381 e. The standard InChI is InChI=1S/C15H34N4O/c1-13(2)11-20-10-8-9-17-14(16-5)18-12-15(3,4)19(6)7/h13H,8-12H2,1-7H3,(H2,16,17,18). The normalized spacial score (nSPS) is 13.2. The fraction of sp³-hybridized carbons (Fsp3) is 0.933. The summed E-state index contributed by atoms with van der Waals surface area (Å²) in [5, 5.41) is 6.67. The fourth-order valence-corrected chi connectivity index (χ4v) is 1.38.